The Morgan fingerprint density at radius 3 is 2.74 bits per heavy atom. The first-order valence-electron chi connectivity index (χ1n) is 10.1. The van der Waals surface area contributed by atoms with Crippen molar-refractivity contribution in [3.63, 3.8) is 0 Å². The van der Waals surface area contributed by atoms with E-state index in [0.717, 1.165) is 31.9 Å². The Kier molecular flexibility index (Phi) is 7.80. The Hall–Kier alpha value is -3.17. The highest BCUT2D eigenvalue weighted by Gasteiger charge is 2.20. The largest absolute Gasteiger partial charge is 0.405 e. The topological polar surface area (TPSA) is 130 Å². The van der Waals surface area contributed by atoms with E-state index in [1.165, 1.54) is 6.20 Å². The fourth-order valence-electron chi connectivity index (χ4n) is 3.28. The van der Waals surface area contributed by atoms with Crippen LogP contribution in [0.25, 0.3) is 6.08 Å². The predicted molar refractivity (Wildman–Crippen MR) is 126 cm³/mol. The number of aromatic amines is 1. The van der Waals surface area contributed by atoms with E-state index < -0.39 is 0 Å². The van der Waals surface area contributed by atoms with Crippen LogP contribution < -0.4 is 21.9 Å². The molecule has 5 N–H and O–H groups in total. The van der Waals surface area contributed by atoms with Crippen molar-refractivity contribution >= 4 is 35.4 Å². The second kappa shape index (κ2) is 10.7. The molecule has 10 heteroatoms. The second-order valence-electron chi connectivity index (χ2n) is 7.10. The van der Waals surface area contributed by atoms with Crippen molar-refractivity contribution < 1.29 is 0 Å². The minimum Gasteiger partial charge on any atom is -0.405 e. The van der Waals surface area contributed by atoms with E-state index in [2.05, 4.69) is 29.7 Å². The first kappa shape index (κ1) is 22.5. The highest BCUT2D eigenvalue weighted by atomic mass is 35.5. The molecule has 164 valence electrons. The summed E-state index contributed by atoms with van der Waals surface area (Å²) in [4.78, 5) is 31.9. The van der Waals surface area contributed by atoms with Crippen LogP contribution >= 0.6 is 11.6 Å². The van der Waals surface area contributed by atoms with Crippen molar-refractivity contribution in [2.45, 2.75) is 13.3 Å². The average Bonchev–Trinajstić information content (AvgIpc) is 2.75. The van der Waals surface area contributed by atoms with Gasteiger partial charge in [-0.1, -0.05) is 18.5 Å². The number of aromatic nitrogens is 3. The molecule has 0 aromatic carbocycles. The molecular weight excluding hydrogens is 416 g/mol. The van der Waals surface area contributed by atoms with Crippen LogP contribution in [0.2, 0.25) is 5.15 Å². The molecule has 0 bridgehead atoms. The number of piperazine rings is 1. The van der Waals surface area contributed by atoms with Crippen LogP contribution in [0.5, 0.6) is 0 Å². The summed E-state index contributed by atoms with van der Waals surface area (Å²) >= 11 is 6.37. The van der Waals surface area contributed by atoms with E-state index >= 15 is 0 Å². The Morgan fingerprint density at radius 2 is 2.10 bits per heavy atom. The summed E-state index contributed by atoms with van der Waals surface area (Å²) in [6.45, 7) is 5.76. The van der Waals surface area contributed by atoms with Gasteiger partial charge in [0.1, 0.15) is 5.82 Å². The molecule has 1 aliphatic heterocycles. The maximum absolute atomic E-state index is 11.9. The minimum atomic E-state index is -0.122. The van der Waals surface area contributed by atoms with E-state index in [1.54, 1.807) is 24.6 Å². The number of H-pyrrole nitrogens is 1. The van der Waals surface area contributed by atoms with Crippen LogP contribution in [0.1, 0.15) is 18.3 Å². The average molecular weight is 443 g/mol. The van der Waals surface area contributed by atoms with Crippen LogP contribution in [0.15, 0.2) is 46.1 Å². The lowest BCUT2D eigenvalue weighted by Crippen LogP contribution is -2.47. The van der Waals surface area contributed by atoms with Crippen LogP contribution in [-0.4, -0.2) is 58.8 Å². The SMILES string of the molecule is CCc1cnc(/C=C(\N)CN2CCN(c3ccc(N=C/C=C\N)nc3Cl)CC2)[nH]c1=O. The summed E-state index contributed by atoms with van der Waals surface area (Å²) in [5.74, 6) is 1.00. The van der Waals surface area contributed by atoms with Crippen molar-refractivity contribution in [3.8, 4) is 0 Å². The van der Waals surface area contributed by atoms with E-state index in [-0.39, 0.29) is 5.56 Å². The molecule has 2 aromatic rings. The van der Waals surface area contributed by atoms with E-state index in [4.69, 9.17) is 23.1 Å². The number of nitrogens with two attached hydrogens (primary N) is 2. The number of nitrogens with zero attached hydrogens (tertiary/aromatic N) is 5. The van der Waals surface area contributed by atoms with Gasteiger partial charge in [0.05, 0.1) is 5.69 Å². The molecule has 1 aliphatic rings. The zero-order chi connectivity index (χ0) is 22.2. The molecule has 0 amide bonds. The van der Waals surface area contributed by atoms with Crippen molar-refractivity contribution in [1.82, 2.24) is 19.9 Å². The number of aryl methyl sites for hydroxylation is 1. The van der Waals surface area contributed by atoms with Gasteiger partial charge in [-0.2, -0.15) is 0 Å². The summed E-state index contributed by atoms with van der Waals surface area (Å²) in [7, 11) is 0. The molecule has 0 aliphatic carbocycles. The van der Waals surface area contributed by atoms with Crippen LogP contribution in [0.4, 0.5) is 11.5 Å². The van der Waals surface area contributed by atoms with Gasteiger partial charge < -0.3 is 21.4 Å². The standard InChI is InChI=1S/C21H27ClN8O/c1-2-15-13-26-19(28-21(15)31)12-16(24)14-29-8-10-30(11-9-29)17-4-5-18(27-20(17)22)25-7-3-6-23/h3-7,12-13H,2,8-11,14,23-24H2,1H3,(H,26,28,31)/b6-3-,16-12-,25-7?. The summed E-state index contributed by atoms with van der Waals surface area (Å²) in [6.07, 6.45) is 8.55. The molecule has 3 heterocycles. The van der Waals surface area contributed by atoms with E-state index in [9.17, 15) is 4.79 Å². The van der Waals surface area contributed by atoms with E-state index in [0.29, 0.717) is 41.0 Å². The summed E-state index contributed by atoms with van der Waals surface area (Å²) in [6, 6.07) is 3.76. The lowest BCUT2D eigenvalue weighted by atomic mass is 10.2. The molecule has 3 rings (SSSR count). The number of aliphatic imine (C=N–C) groups is 1. The van der Waals surface area contributed by atoms with Crippen molar-refractivity contribution in [1.29, 1.82) is 0 Å². The molecule has 2 aromatic heterocycles. The number of rotatable bonds is 7. The fraction of sp³-hybridized carbons (Fsp3) is 0.333. The monoisotopic (exact) mass is 442 g/mol. The van der Waals surface area contributed by atoms with Crippen LogP contribution in [0.3, 0.4) is 0 Å². The molecule has 0 spiro atoms. The van der Waals surface area contributed by atoms with Gasteiger partial charge in [0.25, 0.3) is 5.56 Å². The van der Waals surface area contributed by atoms with Crippen LogP contribution in [-0.2, 0) is 6.42 Å². The van der Waals surface area contributed by atoms with Crippen molar-refractivity contribution in [2.24, 2.45) is 16.5 Å². The maximum Gasteiger partial charge on any atom is 0.254 e. The Bertz CT molecular complexity index is 1040. The lowest BCUT2D eigenvalue weighted by Gasteiger charge is -2.36. The molecule has 9 nitrogen and oxygen atoms in total. The highest BCUT2D eigenvalue weighted by Crippen LogP contribution is 2.27. The van der Waals surface area contributed by atoms with Gasteiger partial charge in [0, 0.05) is 62.5 Å². The smallest absolute Gasteiger partial charge is 0.254 e. The number of hydrogen-bond donors (Lipinski definition) is 3. The number of anilines is 1. The molecule has 0 atom stereocenters. The molecule has 0 unspecified atom stereocenters. The third-order valence-corrected chi connectivity index (χ3v) is 5.21. The molecule has 0 saturated carbocycles. The number of hydrogen-bond acceptors (Lipinski definition) is 8. The first-order valence-corrected chi connectivity index (χ1v) is 10.5. The first-order chi connectivity index (χ1) is 15.0. The summed E-state index contributed by atoms with van der Waals surface area (Å²) < 4.78 is 0. The van der Waals surface area contributed by atoms with Crippen molar-refractivity contribution in [2.75, 3.05) is 37.6 Å². The van der Waals surface area contributed by atoms with Crippen molar-refractivity contribution in [3.05, 3.63) is 63.2 Å². The predicted octanol–water partition coefficient (Wildman–Crippen LogP) is 1.68. The minimum absolute atomic E-state index is 0.122. The van der Waals surface area contributed by atoms with Gasteiger partial charge >= 0.3 is 0 Å². The normalized spacial score (nSPS) is 15.9. The Balaban J connectivity index is 1.57. The zero-order valence-corrected chi connectivity index (χ0v) is 18.2. The highest BCUT2D eigenvalue weighted by molar-refractivity contribution is 6.32. The van der Waals surface area contributed by atoms with Gasteiger partial charge in [-0.15, -0.1) is 0 Å². The lowest BCUT2D eigenvalue weighted by molar-refractivity contribution is 0.278. The van der Waals surface area contributed by atoms with Gasteiger partial charge in [0.2, 0.25) is 0 Å². The third kappa shape index (κ3) is 6.16. The zero-order valence-electron chi connectivity index (χ0n) is 17.5. The summed E-state index contributed by atoms with van der Waals surface area (Å²) in [5.41, 5.74) is 13.5. The molecule has 31 heavy (non-hydrogen) atoms. The van der Waals surface area contributed by atoms with Crippen LogP contribution in [0, 0.1) is 0 Å². The molecular formula is C21H27ClN8O. The van der Waals surface area contributed by atoms with Gasteiger partial charge in [-0.3, -0.25) is 9.69 Å². The number of halogens is 1. The fourth-order valence-corrected chi connectivity index (χ4v) is 3.55. The summed E-state index contributed by atoms with van der Waals surface area (Å²) in [5, 5.41) is 0.421. The maximum atomic E-state index is 11.9. The third-order valence-electron chi connectivity index (χ3n) is 4.93. The number of allylic oxidation sites excluding steroid dienone is 1. The van der Waals surface area contributed by atoms with Gasteiger partial charge in [-0.25, -0.2) is 15.0 Å². The molecule has 1 saturated heterocycles. The Labute approximate surface area is 186 Å². The number of pyridine rings is 1. The molecule has 1 fully saturated rings. The molecule has 0 radical (unpaired) electrons. The quantitative estimate of drug-likeness (QED) is 0.439. The Morgan fingerprint density at radius 1 is 1.32 bits per heavy atom. The van der Waals surface area contributed by atoms with E-state index in [1.807, 2.05) is 19.1 Å². The van der Waals surface area contributed by atoms with Gasteiger partial charge in [-0.05, 0) is 30.8 Å². The van der Waals surface area contributed by atoms with Gasteiger partial charge in [0.15, 0.2) is 11.0 Å². The second-order valence-corrected chi connectivity index (χ2v) is 7.46. The number of nitrogens with one attached hydrogen (secondary N) is 1.